The second-order valence-corrected chi connectivity index (χ2v) is 5.90. The standard InChI is InChI=1S/C16H30N6O2/c1-17-16(18-7-2-3-9-22-13-20-21-14-22)19-8-5-10-23-12-15-6-4-11-24-15/h13-15H,2-12H2,1H3,(H2,17,18,19). The first-order chi connectivity index (χ1) is 11.9. The van der Waals surface area contributed by atoms with E-state index in [0.29, 0.717) is 6.10 Å². The Morgan fingerprint density at radius 1 is 1.25 bits per heavy atom. The Morgan fingerprint density at radius 3 is 2.75 bits per heavy atom. The molecular formula is C16H30N6O2. The SMILES string of the molecule is CN=C(NCCCCn1cnnc1)NCCCOCC1CCCO1. The molecule has 1 aromatic rings. The van der Waals surface area contributed by atoms with Crippen molar-refractivity contribution in [3.63, 3.8) is 0 Å². The van der Waals surface area contributed by atoms with Gasteiger partial charge in [0.25, 0.3) is 0 Å². The largest absolute Gasteiger partial charge is 0.379 e. The summed E-state index contributed by atoms with van der Waals surface area (Å²) >= 11 is 0. The van der Waals surface area contributed by atoms with E-state index in [2.05, 4.69) is 25.8 Å². The summed E-state index contributed by atoms with van der Waals surface area (Å²) in [6.07, 6.45) is 9.21. The van der Waals surface area contributed by atoms with E-state index in [-0.39, 0.29) is 0 Å². The number of rotatable bonds is 11. The molecule has 2 rings (SSSR count). The first kappa shape index (κ1) is 18.7. The lowest BCUT2D eigenvalue weighted by Crippen LogP contribution is -2.38. The topological polar surface area (TPSA) is 85.6 Å². The van der Waals surface area contributed by atoms with Gasteiger partial charge < -0.3 is 24.7 Å². The monoisotopic (exact) mass is 338 g/mol. The van der Waals surface area contributed by atoms with Crippen molar-refractivity contribution < 1.29 is 9.47 Å². The maximum absolute atomic E-state index is 5.64. The summed E-state index contributed by atoms with van der Waals surface area (Å²) < 4.78 is 13.2. The zero-order valence-electron chi connectivity index (χ0n) is 14.6. The molecule has 0 aromatic carbocycles. The van der Waals surface area contributed by atoms with E-state index in [4.69, 9.17) is 9.47 Å². The fraction of sp³-hybridized carbons (Fsp3) is 0.812. The van der Waals surface area contributed by atoms with Crippen molar-refractivity contribution in [2.45, 2.75) is 44.8 Å². The molecule has 1 saturated heterocycles. The third-order valence-corrected chi connectivity index (χ3v) is 3.91. The minimum absolute atomic E-state index is 0.311. The molecule has 8 heteroatoms. The number of nitrogens with one attached hydrogen (secondary N) is 2. The first-order valence-corrected chi connectivity index (χ1v) is 8.85. The number of guanidine groups is 1. The number of aromatic nitrogens is 3. The molecule has 1 aromatic heterocycles. The predicted molar refractivity (Wildman–Crippen MR) is 93.0 cm³/mol. The highest BCUT2D eigenvalue weighted by molar-refractivity contribution is 5.79. The number of hydrogen-bond acceptors (Lipinski definition) is 5. The molecular weight excluding hydrogens is 308 g/mol. The lowest BCUT2D eigenvalue weighted by atomic mass is 10.2. The molecule has 1 aliphatic heterocycles. The van der Waals surface area contributed by atoms with Crippen LogP contribution >= 0.6 is 0 Å². The van der Waals surface area contributed by atoms with Crippen molar-refractivity contribution >= 4 is 5.96 Å². The van der Waals surface area contributed by atoms with Crippen LogP contribution in [0.5, 0.6) is 0 Å². The van der Waals surface area contributed by atoms with Crippen LogP contribution in [-0.2, 0) is 16.0 Å². The van der Waals surface area contributed by atoms with Gasteiger partial charge in [0.05, 0.1) is 12.7 Å². The van der Waals surface area contributed by atoms with E-state index in [1.807, 2.05) is 4.57 Å². The van der Waals surface area contributed by atoms with Gasteiger partial charge in [0.1, 0.15) is 12.7 Å². The average molecular weight is 338 g/mol. The molecule has 1 atom stereocenters. The van der Waals surface area contributed by atoms with E-state index < -0.39 is 0 Å². The van der Waals surface area contributed by atoms with Crippen molar-refractivity contribution in [1.82, 2.24) is 25.4 Å². The summed E-state index contributed by atoms with van der Waals surface area (Å²) in [6, 6.07) is 0. The van der Waals surface area contributed by atoms with E-state index in [0.717, 1.165) is 77.5 Å². The van der Waals surface area contributed by atoms with Gasteiger partial charge in [-0.15, -0.1) is 10.2 Å². The van der Waals surface area contributed by atoms with Gasteiger partial charge in [0.2, 0.25) is 0 Å². The third kappa shape index (κ3) is 7.74. The van der Waals surface area contributed by atoms with E-state index in [9.17, 15) is 0 Å². The maximum Gasteiger partial charge on any atom is 0.190 e. The summed E-state index contributed by atoms with van der Waals surface area (Å²) in [5, 5.41) is 14.2. The van der Waals surface area contributed by atoms with Gasteiger partial charge in [-0.25, -0.2) is 0 Å². The molecule has 1 aliphatic rings. The van der Waals surface area contributed by atoms with E-state index in [1.54, 1.807) is 19.7 Å². The Morgan fingerprint density at radius 2 is 2.04 bits per heavy atom. The maximum atomic E-state index is 5.64. The van der Waals surface area contributed by atoms with Crippen LogP contribution in [0.2, 0.25) is 0 Å². The zero-order chi connectivity index (χ0) is 16.9. The summed E-state index contributed by atoms with van der Waals surface area (Å²) in [5.74, 6) is 0.846. The Bertz CT molecular complexity index is 445. The molecule has 2 N–H and O–H groups in total. The van der Waals surface area contributed by atoms with Crippen LogP contribution in [0.15, 0.2) is 17.6 Å². The first-order valence-electron chi connectivity index (χ1n) is 8.85. The average Bonchev–Trinajstić information content (AvgIpc) is 3.29. The Hall–Kier alpha value is -1.67. The molecule has 24 heavy (non-hydrogen) atoms. The number of aryl methyl sites for hydroxylation is 1. The van der Waals surface area contributed by atoms with Crippen molar-refractivity contribution in [2.75, 3.05) is 40.0 Å². The van der Waals surface area contributed by atoms with Gasteiger partial charge in [-0.1, -0.05) is 0 Å². The number of unbranched alkanes of at least 4 members (excludes halogenated alkanes) is 1. The Balaban J connectivity index is 1.40. The highest BCUT2D eigenvalue weighted by Gasteiger charge is 2.14. The normalized spacial score (nSPS) is 18.0. The van der Waals surface area contributed by atoms with Gasteiger partial charge in [0, 0.05) is 39.9 Å². The molecule has 0 aliphatic carbocycles. The van der Waals surface area contributed by atoms with Gasteiger partial charge >= 0.3 is 0 Å². The van der Waals surface area contributed by atoms with Gasteiger partial charge in [-0.3, -0.25) is 4.99 Å². The molecule has 8 nitrogen and oxygen atoms in total. The van der Waals surface area contributed by atoms with E-state index in [1.165, 1.54) is 0 Å². The Kier molecular flexibility index (Phi) is 9.18. The number of aliphatic imine (C=N–C) groups is 1. The molecule has 2 heterocycles. The van der Waals surface area contributed by atoms with Crippen molar-refractivity contribution in [2.24, 2.45) is 4.99 Å². The lowest BCUT2D eigenvalue weighted by molar-refractivity contribution is 0.0168. The number of nitrogens with zero attached hydrogens (tertiary/aromatic N) is 4. The van der Waals surface area contributed by atoms with Crippen LogP contribution in [0, 0.1) is 0 Å². The van der Waals surface area contributed by atoms with Crippen molar-refractivity contribution in [3.8, 4) is 0 Å². The second-order valence-electron chi connectivity index (χ2n) is 5.90. The molecule has 0 spiro atoms. The van der Waals surface area contributed by atoms with Crippen LogP contribution in [0.25, 0.3) is 0 Å². The second kappa shape index (κ2) is 11.8. The molecule has 0 saturated carbocycles. The van der Waals surface area contributed by atoms with Crippen LogP contribution in [-0.4, -0.2) is 66.8 Å². The highest BCUT2D eigenvalue weighted by atomic mass is 16.5. The van der Waals surface area contributed by atoms with Gasteiger partial charge in [-0.05, 0) is 32.1 Å². The van der Waals surface area contributed by atoms with Crippen LogP contribution in [0.4, 0.5) is 0 Å². The highest BCUT2D eigenvalue weighted by Crippen LogP contribution is 2.11. The zero-order valence-corrected chi connectivity index (χ0v) is 14.6. The van der Waals surface area contributed by atoms with Gasteiger partial charge in [-0.2, -0.15) is 0 Å². The molecule has 136 valence electrons. The van der Waals surface area contributed by atoms with Crippen LogP contribution in [0.3, 0.4) is 0 Å². The van der Waals surface area contributed by atoms with Crippen LogP contribution < -0.4 is 10.6 Å². The Labute approximate surface area is 144 Å². The lowest BCUT2D eigenvalue weighted by Gasteiger charge is -2.13. The summed E-state index contributed by atoms with van der Waals surface area (Å²) in [7, 11) is 1.79. The molecule has 0 amide bonds. The minimum Gasteiger partial charge on any atom is -0.379 e. The van der Waals surface area contributed by atoms with Crippen molar-refractivity contribution in [1.29, 1.82) is 0 Å². The number of ether oxygens (including phenoxy) is 2. The third-order valence-electron chi connectivity index (χ3n) is 3.91. The minimum atomic E-state index is 0.311. The summed E-state index contributed by atoms with van der Waals surface area (Å²) in [5.41, 5.74) is 0. The molecule has 0 bridgehead atoms. The van der Waals surface area contributed by atoms with Crippen molar-refractivity contribution in [3.05, 3.63) is 12.7 Å². The molecule has 1 unspecified atom stereocenters. The quantitative estimate of drug-likeness (QED) is 0.353. The predicted octanol–water partition coefficient (Wildman–Crippen LogP) is 0.809. The smallest absolute Gasteiger partial charge is 0.190 e. The van der Waals surface area contributed by atoms with Gasteiger partial charge in [0.15, 0.2) is 5.96 Å². The fourth-order valence-electron chi connectivity index (χ4n) is 2.56. The summed E-state index contributed by atoms with van der Waals surface area (Å²) in [4.78, 5) is 4.22. The number of hydrogen-bond donors (Lipinski definition) is 2. The summed E-state index contributed by atoms with van der Waals surface area (Å²) in [6.45, 7) is 5.06. The van der Waals surface area contributed by atoms with E-state index >= 15 is 0 Å². The molecule has 0 radical (unpaired) electrons. The fourth-order valence-corrected chi connectivity index (χ4v) is 2.56. The van der Waals surface area contributed by atoms with Crippen LogP contribution in [0.1, 0.15) is 32.1 Å². The molecule has 1 fully saturated rings.